The molecule has 3 aromatic rings. The van der Waals surface area contributed by atoms with E-state index in [1.165, 1.54) is 17.3 Å². The van der Waals surface area contributed by atoms with Gasteiger partial charge in [-0.1, -0.05) is 37.7 Å². The molecule has 1 saturated carbocycles. The van der Waals surface area contributed by atoms with Crippen LogP contribution in [0.25, 0.3) is 5.69 Å². The lowest BCUT2D eigenvalue weighted by Gasteiger charge is -2.12. The molecule has 1 fully saturated rings. The highest BCUT2D eigenvalue weighted by Gasteiger charge is 2.30. The summed E-state index contributed by atoms with van der Waals surface area (Å²) in [6.07, 6.45) is 2.40. The molecule has 1 aliphatic rings. The van der Waals surface area contributed by atoms with Crippen LogP contribution in [-0.4, -0.2) is 36.8 Å². The molecule has 0 bridgehead atoms. The summed E-state index contributed by atoms with van der Waals surface area (Å²) >= 11 is 1.37. The van der Waals surface area contributed by atoms with Crippen LogP contribution >= 0.6 is 11.8 Å². The molecule has 0 radical (unpaired) electrons. The monoisotopic (exact) mass is 465 g/mol. The summed E-state index contributed by atoms with van der Waals surface area (Å²) in [7, 11) is 0. The number of carbonyl (C=O) groups is 2. The van der Waals surface area contributed by atoms with Gasteiger partial charge < -0.3 is 14.9 Å². The first-order chi connectivity index (χ1) is 15.8. The van der Waals surface area contributed by atoms with E-state index in [2.05, 4.69) is 52.9 Å². The number of hydrogen-bond acceptors (Lipinski definition) is 5. The molecule has 7 nitrogen and oxygen atoms in total. The number of benzene rings is 1. The summed E-state index contributed by atoms with van der Waals surface area (Å²) in [6, 6.07) is 10.5. The van der Waals surface area contributed by atoms with Gasteiger partial charge in [0.1, 0.15) is 5.82 Å². The number of nitrogens with two attached hydrogens (primary N) is 1. The van der Waals surface area contributed by atoms with E-state index in [0.717, 1.165) is 41.3 Å². The van der Waals surface area contributed by atoms with Crippen molar-refractivity contribution in [1.29, 1.82) is 0 Å². The van der Waals surface area contributed by atoms with Gasteiger partial charge in [0.2, 0.25) is 5.91 Å². The SMILES string of the molecule is Cc1cc(C(=O)CSc2nnc(C3CC3)n2CCC(N)=O)c(C)n1-c1ccc(C(C)C)cc1. The van der Waals surface area contributed by atoms with Crippen LogP contribution in [0.3, 0.4) is 0 Å². The van der Waals surface area contributed by atoms with Gasteiger partial charge >= 0.3 is 0 Å². The third kappa shape index (κ3) is 5.05. The molecule has 2 aromatic heterocycles. The maximum atomic E-state index is 13.1. The minimum absolute atomic E-state index is 0.0515. The Bertz CT molecular complexity index is 1170. The fraction of sp³-hybridized carbons (Fsp3) is 0.440. The van der Waals surface area contributed by atoms with Gasteiger partial charge in [0, 0.05) is 41.5 Å². The molecule has 1 amide bonds. The number of hydrogen-bond donors (Lipinski definition) is 1. The second kappa shape index (κ2) is 9.55. The zero-order chi connectivity index (χ0) is 23.7. The Morgan fingerprint density at radius 1 is 1.15 bits per heavy atom. The summed E-state index contributed by atoms with van der Waals surface area (Å²) in [4.78, 5) is 24.4. The van der Waals surface area contributed by atoms with Gasteiger partial charge in [-0.15, -0.1) is 10.2 Å². The second-order valence-corrected chi connectivity index (χ2v) is 10.0. The average Bonchev–Trinajstić information content (AvgIpc) is 3.47. The second-order valence-electron chi connectivity index (χ2n) is 9.06. The van der Waals surface area contributed by atoms with Crippen molar-refractivity contribution >= 4 is 23.5 Å². The number of amides is 1. The quantitative estimate of drug-likeness (QED) is 0.350. The minimum Gasteiger partial charge on any atom is -0.370 e. The molecule has 4 rings (SSSR count). The third-order valence-electron chi connectivity index (χ3n) is 6.15. The van der Waals surface area contributed by atoms with Crippen LogP contribution < -0.4 is 5.73 Å². The summed E-state index contributed by atoms with van der Waals surface area (Å²) in [6.45, 7) is 8.82. The molecular formula is C25H31N5O2S. The Balaban J connectivity index is 1.51. The van der Waals surface area contributed by atoms with Crippen molar-refractivity contribution in [3.8, 4) is 5.69 Å². The molecule has 2 N–H and O–H groups in total. The van der Waals surface area contributed by atoms with E-state index in [9.17, 15) is 9.59 Å². The van der Waals surface area contributed by atoms with E-state index in [1.807, 2.05) is 24.5 Å². The van der Waals surface area contributed by atoms with Crippen molar-refractivity contribution in [1.82, 2.24) is 19.3 Å². The highest BCUT2D eigenvalue weighted by molar-refractivity contribution is 7.99. The molecule has 0 aliphatic heterocycles. The fourth-order valence-electron chi connectivity index (χ4n) is 4.14. The largest absolute Gasteiger partial charge is 0.370 e. The van der Waals surface area contributed by atoms with Gasteiger partial charge in [-0.25, -0.2) is 0 Å². The van der Waals surface area contributed by atoms with E-state index in [1.54, 1.807) is 0 Å². The first kappa shape index (κ1) is 23.3. The normalized spacial score (nSPS) is 13.6. The molecule has 0 unspecified atom stereocenters. The Kier molecular flexibility index (Phi) is 6.74. The Labute approximate surface area is 198 Å². The van der Waals surface area contributed by atoms with Crippen LogP contribution in [0.4, 0.5) is 0 Å². The molecule has 0 atom stereocenters. The van der Waals surface area contributed by atoms with Gasteiger partial charge in [-0.05, 0) is 56.4 Å². The van der Waals surface area contributed by atoms with Crippen molar-refractivity contribution in [2.45, 2.75) is 70.5 Å². The van der Waals surface area contributed by atoms with Crippen LogP contribution in [-0.2, 0) is 11.3 Å². The van der Waals surface area contributed by atoms with E-state index in [-0.39, 0.29) is 23.9 Å². The lowest BCUT2D eigenvalue weighted by molar-refractivity contribution is -0.118. The average molecular weight is 466 g/mol. The lowest BCUT2D eigenvalue weighted by atomic mass is 10.0. The van der Waals surface area contributed by atoms with Gasteiger partial charge in [0.05, 0.1) is 5.75 Å². The summed E-state index contributed by atoms with van der Waals surface area (Å²) in [5.41, 5.74) is 10.4. The van der Waals surface area contributed by atoms with Crippen LogP contribution in [0.15, 0.2) is 35.5 Å². The van der Waals surface area contributed by atoms with Crippen molar-refractivity contribution in [2.24, 2.45) is 5.73 Å². The van der Waals surface area contributed by atoms with Crippen LogP contribution in [0.5, 0.6) is 0 Å². The van der Waals surface area contributed by atoms with Gasteiger partial charge in [0.25, 0.3) is 0 Å². The molecule has 174 valence electrons. The molecule has 2 heterocycles. The number of rotatable bonds is 10. The van der Waals surface area contributed by atoms with E-state index in [0.29, 0.717) is 23.5 Å². The predicted octanol–water partition coefficient (Wildman–Crippen LogP) is 4.54. The number of carbonyl (C=O) groups excluding carboxylic acids is 2. The highest BCUT2D eigenvalue weighted by Crippen LogP contribution is 2.40. The van der Waals surface area contributed by atoms with E-state index >= 15 is 0 Å². The molecule has 1 aliphatic carbocycles. The maximum absolute atomic E-state index is 13.1. The number of aromatic nitrogens is 4. The van der Waals surface area contributed by atoms with Crippen molar-refractivity contribution < 1.29 is 9.59 Å². The highest BCUT2D eigenvalue weighted by atomic mass is 32.2. The van der Waals surface area contributed by atoms with Crippen molar-refractivity contribution in [3.63, 3.8) is 0 Å². The van der Waals surface area contributed by atoms with E-state index in [4.69, 9.17) is 5.73 Å². The summed E-state index contributed by atoms with van der Waals surface area (Å²) in [5.74, 6) is 1.73. The smallest absolute Gasteiger partial charge is 0.219 e. The first-order valence-corrected chi connectivity index (χ1v) is 12.4. The maximum Gasteiger partial charge on any atom is 0.219 e. The van der Waals surface area contributed by atoms with Gasteiger partial charge in [0.15, 0.2) is 10.9 Å². The number of nitrogens with zero attached hydrogens (tertiary/aromatic N) is 4. The molecule has 1 aromatic carbocycles. The van der Waals surface area contributed by atoms with Crippen molar-refractivity contribution in [2.75, 3.05) is 5.75 Å². The molecule has 0 spiro atoms. The molecule has 0 saturated heterocycles. The van der Waals surface area contributed by atoms with Gasteiger partial charge in [-0.2, -0.15) is 0 Å². The number of aryl methyl sites for hydroxylation is 1. The van der Waals surface area contributed by atoms with Crippen LogP contribution in [0.2, 0.25) is 0 Å². The zero-order valence-electron chi connectivity index (χ0n) is 19.7. The number of ketones is 1. The molecule has 8 heteroatoms. The van der Waals surface area contributed by atoms with Crippen molar-refractivity contribution in [3.05, 3.63) is 58.7 Å². The third-order valence-corrected chi connectivity index (χ3v) is 7.12. The topological polar surface area (TPSA) is 95.8 Å². The number of Topliss-reactive ketones (excluding diaryl/α,β-unsaturated/α-hetero) is 1. The fourth-order valence-corrected chi connectivity index (χ4v) is 5.00. The van der Waals surface area contributed by atoms with Gasteiger partial charge in [-0.3, -0.25) is 9.59 Å². The first-order valence-electron chi connectivity index (χ1n) is 11.4. The standard InChI is InChI=1S/C25H31N5O2S/c1-15(2)18-7-9-20(10-8-18)30-16(3)13-21(17(30)4)22(31)14-33-25-28-27-24(19-5-6-19)29(25)12-11-23(26)32/h7-10,13,15,19H,5-6,11-12,14H2,1-4H3,(H2,26,32). The summed E-state index contributed by atoms with van der Waals surface area (Å²) < 4.78 is 4.09. The predicted molar refractivity (Wildman–Crippen MR) is 130 cm³/mol. The summed E-state index contributed by atoms with van der Waals surface area (Å²) in [5, 5.41) is 9.30. The zero-order valence-corrected chi connectivity index (χ0v) is 20.5. The Morgan fingerprint density at radius 3 is 2.45 bits per heavy atom. The van der Waals surface area contributed by atoms with Crippen LogP contribution in [0.1, 0.15) is 78.1 Å². The molecular weight excluding hydrogens is 434 g/mol. The van der Waals surface area contributed by atoms with Crippen LogP contribution in [0, 0.1) is 13.8 Å². The van der Waals surface area contributed by atoms with E-state index < -0.39 is 0 Å². The Morgan fingerprint density at radius 2 is 1.85 bits per heavy atom. The molecule has 33 heavy (non-hydrogen) atoms. The minimum atomic E-state index is -0.355. The number of primary amides is 1. The number of thioether (sulfide) groups is 1. The Hall–Kier alpha value is -2.87. The lowest BCUT2D eigenvalue weighted by Crippen LogP contribution is -2.16.